The fourth-order valence-electron chi connectivity index (χ4n) is 2.03. The average Bonchev–Trinajstić information content (AvgIpc) is 2.53. The molecule has 0 saturated carbocycles. The molecule has 1 aromatic carbocycles. The lowest BCUT2D eigenvalue weighted by molar-refractivity contribution is -0.130. The maximum absolute atomic E-state index is 12.1. The lowest BCUT2D eigenvalue weighted by Crippen LogP contribution is -2.49. The largest absolute Gasteiger partial charge is 0.497 e. The van der Waals surface area contributed by atoms with E-state index >= 15 is 0 Å². The summed E-state index contributed by atoms with van der Waals surface area (Å²) in [4.78, 5) is 13.7. The Labute approximate surface area is 124 Å². The van der Waals surface area contributed by atoms with E-state index < -0.39 is 10.0 Å². The normalized spacial score (nSPS) is 15.8. The molecule has 0 aliphatic carbocycles. The summed E-state index contributed by atoms with van der Waals surface area (Å²) in [7, 11) is -2.25. The molecular weight excluding hydrogens is 294 g/mol. The summed E-state index contributed by atoms with van der Waals surface area (Å²) in [5.41, 5.74) is 0. The van der Waals surface area contributed by atoms with Gasteiger partial charge in [0.25, 0.3) is 0 Å². The van der Waals surface area contributed by atoms with E-state index in [-0.39, 0.29) is 17.3 Å². The molecule has 1 saturated heterocycles. The highest BCUT2D eigenvalue weighted by molar-refractivity contribution is 7.89. The lowest BCUT2D eigenvalue weighted by Gasteiger charge is -2.27. The number of rotatable bonds is 5. The zero-order chi connectivity index (χ0) is 15.3. The quantitative estimate of drug-likeness (QED) is 0.758. The standard InChI is InChI=1S/C13H19N3O4S/c1-20-11-3-2-4-12(9-11)21(18,19)15-10-13(17)16-7-5-14-6-8-16/h2-4,9,14-15H,5-8,10H2,1H3. The van der Waals surface area contributed by atoms with E-state index in [1.165, 1.54) is 19.2 Å². The van der Waals surface area contributed by atoms with Crippen LogP contribution < -0.4 is 14.8 Å². The van der Waals surface area contributed by atoms with Crippen LogP contribution in [-0.4, -0.2) is 59.1 Å². The summed E-state index contributed by atoms with van der Waals surface area (Å²) in [5.74, 6) is 0.231. The van der Waals surface area contributed by atoms with Crippen LogP contribution in [0.1, 0.15) is 0 Å². The fourth-order valence-corrected chi connectivity index (χ4v) is 3.04. The minimum atomic E-state index is -3.72. The van der Waals surface area contributed by atoms with Gasteiger partial charge in [0.2, 0.25) is 15.9 Å². The van der Waals surface area contributed by atoms with Crippen LogP contribution in [0.2, 0.25) is 0 Å². The molecule has 0 radical (unpaired) electrons. The smallest absolute Gasteiger partial charge is 0.241 e. The first-order valence-corrected chi connectivity index (χ1v) is 8.13. The van der Waals surface area contributed by atoms with E-state index in [1.54, 1.807) is 17.0 Å². The Morgan fingerprint density at radius 2 is 2.10 bits per heavy atom. The predicted molar refractivity (Wildman–Crippen MR) is 77.6 cm³/mol. The maximum atomic E-state index is 12.1. The first-order valence-electron chi connectivity index (χ1n) is 6.65. The summed E-state index contributed by atoms with van der Waals surface area (Å²) >= 11 is 0. The van der Waals surface area contributed by atoms with Gasteiger partial charge in [0, 0.05) is 32.2 Å². The zero-order valence-electron chi connectivity index (χ0n) is 11.8. The Morgan fingerprint density at radius 1 is 1.38 bits per heavy atom. The van der Waals surface area contributed by atoms with Gasteiger partial charge < -0.3 is 15.0 Å². The fraction of sp³-hybridized carbons (Fsp3) is 0.462. The minimum absolute atomic E-state index is 0.0787. The predicted octanol–water partition coefficient (Wildman–Crippen LogP) is -0.595. The Bertz CT molecular complexity index is 597. The van der Waals surface area contributed by atoms with Gasteiger partial charge in [0.1, 0.15) is 5.75 Å². The van der Waals surface area contributed by atoms with E-state index in [2.05, 4.69) is 10.0 Å². The third kappa shape index (κ3) is 4.16. The van der Waals surface area contributed by atoms with Gasteiger partial charge in [-0.15, -0.1) is 0 Å². The van der Waals surface area contributed by atoms with Crippen molar-refractivity contribution in [2.24, 2.45) is 0 Å². The molecule has 1 aliphatic heterocycles. The number of hydrogen-bond donors (Lipinski definition) is 2. The van der Waals surface area contributed by atoms with Crippen molar-refractivity contribution >= 4 is 15.9 Å². The first kappa shape index (κ1) is 15.7. The van der Waals surface area contributed by atoms with Crippen molar-refractivity contribution in [2.45, 2.75) is 4.90 Å². The zero-order valence-corrected chi connectivity index (χ0v) is 12.6. The van der Waals surface area contributed by atoms with Gasteiger partial charge in [0.05, 0.1) is 18.6 Å². The molecule has 8 heteroatoms. The summed E-state index contributed by atoms with van der Waals surface area (Å²) in [6.45, 7) is 2.42. The van der Waals surface area contributed by atoms with E-state index in [9.17, 15) is 13.2 Å². The van der Waals surface area contributed by atoms with Crippen molar-refractivity contribution in [3.63, 3.8) is 0 Å². The Kier molecular flexibility index (Phi) is 5.16. The second-order valence-electron chi connectivity index (χ2n) is 4.63. The third-order valence-corrected chi connectivity index (χ3v) is 4.63. The molecular formula is C13H19N3O4S. The summed E-state index contributed by atoms with van der Waals surface area (Å²) < 4.78 is 31.6. The van der Waals surface area contributed by atoms with Gasteiger partial charge in [0.15, 0.2) is 0 Å². The van der Waals surface area contributed by atoms with Crippen LogP contribution in [-0.2, 0) is 14.8 Å². The van der Waals surface area contributed by atoms with Crippen LogP contribution >= 0.6 is 0 Å². The highest BCUT2D eigenvalue weighted by atomic mass is 32.2. The highest BCUT2D eigenvalue weighted by Gasteiger charge is 2.20. The van der Waals surface area contributed by atoms with Crippen LogP contribution in [0.15, 0.2) is 29.2 Å². The van der Waals surface area contributed by atoms with Gasteiger partial charge in [-0.2, -0.15) is 0 Å². The molecule has 0 unspecified atom stereocenters. The summed E-state index contributed by atoms with van der Waals surface area (Å²) in [5, 5.41) is 3.13. The van der Waals surface area contributed by atoms with Crippen molar-refractivity contribution in [1.82, 2.24) is 14.9 Å². The molecule has 2 rings (SSSR count). The van der Waals surface area contributed by atoms with Crippen LogP contribution in [0.3, 0.4) is 0 Å². The number of nitrogens with zero attached hydrogens (tertiary/aromatic N) is 1. The molecule has 1 aromatic rings. The second-order valence-corrected chi connectivity index (χ2v) is 6.40. The minimum Gasteiger partial charge on any atom is -0.497 e. The van der Waals surface area contributed by atoms with E-state index in [0.29, 0.717) is 18.8 Å². The molecule has 116 valence electrons. The van der Waals surface area contributed by atoms with Crippen LogP contribution in [0.5, 0.6) is 5.75 Å². The van der Waals surface area contributed by atoms with Gasteiger partial charge in [-0.3, -0.25) is 4.79 Å². The number of sulfonamides is 1. The van der Waals surface area contributed by atoms with Gasteiger partial charge in [-0.25, -0.2) is 13.1 Å². The number of amides is 1. The molecule has 2 N–H and O–H groups in total. The van der Waals surface area contributed by atoms with Crippen LogP contribution in [0.25, 0.3) is 0 Å². The average molecular weight is 313 g/mol. The number of methoxy groups -OCH3 is 1. The second kappa shape index (κ2) is 6.88. The molecule has 0 spiro atoms. The van der Waals surface area contributed by atoms with E-state index in [1.807, 2.05) is 0 Å². The van der Waals surface area contributed by atoms with E-state index in [4.69, 9.17) is 4.74 Å². The van der Waals surface area contributed by atoms with Gasteiger partial charge >= 0.3 is 0 Å². The van der Waals surface area contributed by atoms with Crippen molar-refractivity contribution in [2.75, 3.05) is 39.8 Å². The molecule has 1 amide bonds. The molecule has 0 bridgehead atoms. The molecule has 0 atom stereocenters. The molecule has 1 fully saturated rings. The first-order chi connectivity index (χ1) is 10.0. The number of benzene rings is 1. The number of piperazine rings is 1. The molecule has 1 aliphatic rings. The molecule has 7 nitrogen and oxygen atoms in total. The van der Waals surface area contributed by atoms with Gasteiger partial charge in [-0.05, 0) is 12.1 Å². The van der Waals surface area contributed by atoms with Crippen molar-refractivity contribution in [3.8, 4) is 5.75 Å². The molecule has 0 aromatic heterocycles. The lowest BCUT2D eigenvalue weighted by atomic mass is 10.3. The number of carbonyl (C=O) groups is 1. The Balaban J connectivity index is 1.98. The van der Waals surface area contributed by atoms with Gasteiger partial charge in [-0.1, -0.05) is 6.07 Å². The summed E-state index contributed by atoms with van der Waals surface area (Å²) in [6, 6.07) is 6.12. The Hall–Kier alpha value is -1.64. The number of nitrogens with one attached hydrogen (secondary N) is 2. The number of ether oxygens (including phenoxy) is 1. The monoisotopic (exact) mass is 313 g/mol. The topological polar surface area (TPSA) is 87.7 Å². The highest BCUT2D eigenvalue weighted by Crippen LogP contribution is 2.16. The Morgan fingerprint density at radius 3 is 2.76 bits per heavy atom. The van der Waals surface area contributed by atoms with Crippen LogP contribution in [0.4, 0.5) is 0 Å². The van der Waals surface area contributed by atoms with Crippen molar-refractivity contribution in [1.29, 1.82) is 0 Å². The molecule has 1 heterocycles. The molecule has 21 heavy (non-hydrogen) atoms. The maximum Gasteiger partial charge on any atom is 0.241 e. The number of carbonyl (C=O) groups excluding carboxylic acids is 1. The van der Waals surface area contributed by atoms with Crippen molar-refractivity contribution in [3.05, 3.63) is 24.3 Å². The SMILES string of the molecule is COc1cccc(S(=O)(=O)NCC(=O)N2CCNCC2)c1. The van der Waals surface area contributed by atoms with Crippen molar-refractivity contribution < 1.29 is 17.9 Å². The summed E-state index contributed by atoms with van der Waals surface area (Å²) in [6.07, 6.45) is 0. The van der Waals surface area contributed by atoms with E-state index in [0.717, 1.165) is 13.1 Å². The number of hydrogen-bond acceptors (Lipinski definition) is 5. The third-order valence-electron chi connectivity index (χ3n) is 3.23. The van der Waals surface area contributed by atoms with Crippen LogP contribution in [0, 0.1) is 0 Å².